The van der Waals surface area contributed by atoms with Crippen molar-refractivity contribution in [3.8, 4) is 17.1 Å². The summed E-state index contributed by atoms with van der Waals surface area (Å²) in [6.07, 6.45) is 0. The molecule has 0 radical (unpaired) electrons. The van der Waals surface area contributed by atoms with Gasteiger partial charge < -0.3 is 15.9 Å². The van der Waals surface area contributed by atoms with E-state index in [-0.39, 0.29) is 5.91 Å². The molecule has 1 heterocycles. The number of benzene rings is 2. The predicted octanol–water partition coefficient (Wildman–Crippen LogP) is 3.40. The van der Waals surface area contributed by atoms with E-state index in [9.17, 15) is 4.79 Å². The molecule has 28 heavy (non-hydrogen) atoms. The number of anilines is 1. The first-order chi connectivity index (χ1) is 13.4. The highest BCUT2D eigenvalue weighted by atomic mass is 32.2. The average molecular weight is 398 g/mol. The van der Waals surface area contributed by atoms with Gasteiger partial charge in [0.25, 0.3) is 0 Å². The van der Waals surface area contributed by atoms with Gasteiger partial charge in [0.15, 0.2) is 5.82 Å². The zero-order chi connectivity index (χ0) is 20.3. The fourth-order valence-corrected chi connectivity index (χ4v) is 3.39. The molecule has 1 aromatic heterocycles. The molecule has 0 spiro atoms. The monoisotopic (exact) mass is 397 g/mol. The summed E-state index contributed by atoms with van der Waals surface area (Å²) in [5.74, 6) is 7.15. The summed E-state index contributed by atoms with van der Waals surface area (Å²) >= 11 is 1.25. The molecule has 0 fully saturated rings. The SMILES string of the molecule is COc1ccc(C)cc1NC(=O)[C@H](C)Sc1nnc(-c2ccc(C)cc2)n1N. The Kier molecular flexibility index (Phi) is 5.89. The van der Waals surface area contributed by atoms with E-state index in [1.54, 1.807) is 14.0 Å². The summed E-state index contributed by atoms with van der Waals surface area (Å²) in [6.45, 7) is 5.76. The van der Waals surface area contributed by atoms with E-state index in [2.05, 4.69) is 15.5 Å². The molecule has 3 aromatic rings. The number of carbonyl (C=O) groups is 1. The van der Waals surface area contributed by atoms with E-state index in [1.165, 1.54) is 16.4 Å². The first-order valence-electron chi connectivity index (χ1n) is 8.78. The van der Waals surface area contributed by atoms with Gasteiger partial charge in [0, 0.05) is 5.56 Å². The highest BCUT2D eigenvalue weighted by Crippen LogP contribution is 2.28. The summed E-state index contributed by atoms with van der Waals surface area (Å²) in [5.41, 5.74) is 3.68. The van der Waals surface area contributed by atoms with Crippen molar-refractivity contribution in [3.63, 3.8) is 0 Å². The number of nitrogens with one attached hydrogen (secondary N) is 1. The Morgan fingerprint density at radius 3 is 2.50 bits per heavy atom. The molecule has 0 aliphatic carbocycles. The predicted molar refractivity (Wildman–Crippen MR) is 112 cm³/mol. The minimum atomic E-state index is -0.428. The summed E-state index contributed by atoms with van der Waals surface area (Å²) < 4.78 is 6.72. The van der Waals surface area contributed by atoms with Crippen molar-refractivity contribution in [2.75, 3.05) is 18.3 Å². The Morgan fingerprint density at radius 2 is 1.82 bits per heavy atom. The van der Waals surface area contributed by atoms with E-state index in [1.807, 2.05) is 56.3 Å². The summed E-state index contributed by atoms with van der Waals surface area (Å²) in [5, 5.41) is 11.2. The van der Waals surface area contributed by atoms with Crippen molar-refractivity contribution in [3.05, 3.63) is 53.6 Å². The van der Waals surface area contributed by atoms with Gasteiger partial charge in [-0.05, 0) is 38.5 Å². The molecule has 0 saturated carbocycles. The summed E-state index contributed by atoms with van der Waals surface area (Å²) in [6, 6.07) is 13.5. The number of hydrogen-bond acceptors (Lipinski definition) is 6. The summed E-state index contributed by atoms with van der Waals surface area (Å²) in [7, 11) is 1.57. The molecule has 8 heteroatoms. The van der Waals surface area contributed by atoms with E-state index in [4.69, 9.17) is 10.6 Å². The molecule has 3 N–H and O–H groups in total. The van der Waals surface area contributed by atoms with Gasteiger partial charge in [-0.3, -0.25) is 4.79 Å². The molecule has 2 aromatic carbocycles. The molecular weight excluding hydrogens is 374 g/mol. The zero-order valence-corrected chi connectivity index (χ0v) is 17.1. The van der Waals surface area contributed by atoms with Crippen molar-refractivity contribution >= 4 is 23.4 Å². The second-order valence-corrected chi connectivity index (χ2v) is 7.80. The molecule has 1 atom stereocenters. The molecule has 0 bridgehead atoms. The quantitative estimate of drug-likeness (QED) is 0.489. The smallest absolute Gasteiger partial charge is 0.237 e. The Morgan fingerprint density at radius 1 is 1.14 bits per heavy atom. The van der Waals surface area contributed by atoms with Crippen molar-refractivity contribution in [2.24, 2.45) is 0 Å². The minimum Gasteiger partial charge on any atom is -0.495 e. The fourth-order valence-electron chi connectivity index (χ4n) is 2.62. The van der Waals surface area contributed by atoms with Crippen LogP contribution in [0.2, 0.25) is 0 Å². The second-order valence-electron chi connectivity index (χ2n) is 6.50. The lowest BCUT2D eigenvalue weighted by atomic mass is 10.1. The first-order valence-corrected chi connectivity index (χ1v) is 9.66. The number of amides is 1. The van der Waals surface area contributed by atoms with Gasteiger partial charge in [-0.25, -0.2) is 4.68 Å². The lowest BCUT2D eigenvalue weighted by Crippen LogP contribution is -2.24. The van der Waals surface area contributed by atoms with Gasteiger partial charge in [0.1, 0.15) is 5.75 Å². The number of thioether (sulfide) groups is 1. The van der Waals surface area contributed by atoms with Gasteiger partial charge >= 0.3 is 0 Å². The van der Waals surface area contributed by atoms with E-state index in [0.717, 1.165) is 16.7 Å². The van der Waals surface area contributed by atoms with Crippen LogP contribution in [0.5, 0.6) is 5.75 Å². The molecule has 0 saturated heterocycles. The maximum Gasteiger partial charge on any atom is 0.237 e. The lowest BCUT2D eigenvalue weighted by molar-refractivity contribution is -0.115. The Balaban J connectivity index is 1.73. The maximum absolute atomic E-state index is 12.6. The van der Waals surface area contributed by atoms with Gasteiger partial charge in [-0.15, -0.1) is 10.2 Å². The molecule has 0 aliphatic heterocycles. The molecule has 0 unspecified atom stereocenters. The average Bonchev–Trinajstić information content (AvgIpc) is 3.03. The second kappa shape index (κ2) is 8.35. The van der Waals surface area contributed by atoms with Crippen molar-refractivity contribution in [1.29, 1.82) is 0 Å². The number of nitrogens with zero attached hydrogens (tertiary/aromatic N) is 3. The Labute approximate surface area is 168 Å². The van der Waals surface area contributed by atoms with Gasteiger partial charge in [-0.1, -0.05) is 47.7 Å². The first kappa shape index (κ1) is 19.8. The standard InChI is InChI=1S/C20H23N5O2S/c1-12-5-8-15(9-6-12)18-23-24-20(25(18)21)28-14(3)19(26)22-16-11-13(2)7-10-17(16)27-4/h5-11,14H,21H2,1-4H3,(H,22,26)/t14-/m0/s1. The summed E-state index contributed by atoms with van der Waals surface area (Å²) in [4.78, 5) is 12.6. The number of nitrogen functional groups attached to an aromatic ring is 1. The number of hydrogen-bond donors (Lipinski definition) is 2. The number of carbonyl (C=O) groups excluding carboxylic acids is 1. The highest BCUT2D eigenvalue weighted by Gasteiger charge is 2.21. The number of rotatable bonds is 6. The topological polar surface area (TPSA) is 95.1 Å². The molecule has 1 amide bonds. The van der Waals surface area contributed by atoms with Crippen LogP contribution in [0.25, 0.3) is 11.4 Å². The van der Waals surface area contributed by atoms with Gasteiger partial charge in [0.2, 0.25) is 11.1 Å². The largest absolute Gasteiger partial charge is 0.495 e. The van der Waals surface area contributed by atoms with Crippen LogP contribution in [-0.4, -0.2) is 33.1 Å². The molecule has 3 rings (SSSR count). The third-order valence-corrected chi connectivity index (χ3v) is 5.30. The van der Waals surface area contributed by atoms with Crippen LogP contribution in [0.4, 0.5) is 5.69 Å². The zero-order valence-electron chi connectivity index (χ0n) is 16.3. The van der Waals surface area contributed by atoms with Crippen molar-refractivity contribution in [2.45, 2.75) is 31.2 Å². The van der Waals surface area contributed by atoms with E-state index < -0.39 is 5.25 Å². The molecule has 146 valence electrons. The van der Waals surface area contributed by atoms with Crippen LogP contribution in [0.15, 0.2) is 47.6 Å². The van der Waals surface area contributed by atoms with Crippen molar-refractivity contribution < 1.29 is 9.53 Å². The third-order valence-electron chi connectivity index (χ3n) is 4.24. The highest BCUT2D eigenvalue weighted by molar-refractivity contribution is 8.00. The Bertz CT molecular complexity index is 985. The molecule has 7 nitrogen and oxygen atoms in total. The van der Waals surface area contributed by atoms with Crippen LogP contribution in [0, 0.1) is 13.8 Å². The molecular formula is C20H23N5O2S. The van der Waals surface area contributed by atoms with E-state index in [0.29, 0.717) is 22.4 Å². The minimum absolute atomic E-state index is 0.172. The Hall–Kier alpha value is -3.00. The normalized spacial score (nSPS) is 11.9. The maximum atomic E-state index is 12.6. The number of nitrogens with two attached hydrogens (primary N) is 1. The van der Waals surface area contributed by atoms with Gasteiger partial charge in [-0.2, -0.15) is 0 Å². The van der Waals surface area contributed by atoms with Crippen LogP contribution in [0.3, 0.4) is 0 Å². The van der Waals surface area contributed by atoms with E-state index >= 15 is 0 Å². The van der Waals surface area contributed by atoms with Crippen molar-refractivity contribution in [1.82, 2.24) is 14.9 Å². The lowest BCUT2D eigenvalue weighted by Gasteiger charge is -2.14. The third kappa shape index (κ3) is 4.28. The van der Waals surface area contributed by atoms with Gasteiger partial charge in [0.05, 0.1) is 18.0 Å². The number of ether oxygens (including phenoxy) is 1. The fraction of sp³-hybridized carbons (Fsp3) is 0.250. The number of aromatic nitrogens is 3. The van der Waals surface area contributed by atoms with Crippen LogP contribution in [0.1, 0.15) is 18.1 Å². The van der Waals surface area contributed by atoms with Crippen LogP contribution < -0.4 is 15.9 Å². The molecule has 0 aliphatic rings. The number of aryl methyl sites for hydroxylation is 2. The van der Waals surface area contributed by atoms with Crippen LogP contribution >= 0.6 is 11.8 Å². The van der Waals surface area contributed by atoms with Crippen LogP contribution in [-0.2, 0) is 4.79 Å². The number of methoxy groups -OCH3 is 1.